The maximum Gasteiger partial charge on any atom is 0.0679 e. The van der Waals surface area contributed by atoms with E-state index in [1.54, 1.807) is 6.92 Å². The molecule has 2 aliphatic rings. The summed E-state index contributed by atoms with van der Waals surface area (Å²) in [5.74, 6) is -0.300. The summed E-state index contributed by atoms with van der Waals surface area (Å²) in [6.07, 6.45) is 1.58. The molecule has 0 saturated heterocycles. The molecule has 4 N–H and O–H groups in total. The number of hydrogen-bond donors (Lipinski definition) is 4. The fourth-order valence-electron chi connectivity index (χ4n) is 4.56. The maximum atomic E-state index is 10.7. The van der Waals surface area contributed by atoms with Crippen LogP contribution in [-0.4, -0.2) is 44.8 Å². The Morgan fingerprint density at radius 1 is 1.16 bits per heavy atom. The van der Waals surface area contributed by atoms with Gasteiger partial charge in [-0.1, -0.05) is 13.8 Å². The molecular weight excluding hydrogens is 244 g/mol. The predicted molar refractivity (Wildman–Crippen MR) is 72.4 cm³/mol. The largest absolute Gasteiger partial charge is 0.396 e. The summed E-state index contributed by atoms with van der Waals surface area (Å²) < 4.78 is 0. The van der Waals surface area contributed by atoms with Crippen LogP contribution >= 0.6 is 0 Å². The molecule has 4 nitrogen and oxygen atoms in total. The quantitative estimate of drug-likeness (QED) is 0.602. The highest BCUT2D eigenvalue weighted by Gasteiger charge is 2.59. The van der Waals surface area contributed by atoms with Crippen LogP contribution in [0.4, 0.5) is 0 Å². The first-order valence-electron chi connectivity index (χ1n) is 7.43. The normalized spacial score (nSPS) is 52.6. The van der Waals surface area contributed by atoms with Gasteiger partial charge in [0.05, 0.1) is 17.8 Å². The highest BCUT2D eigenvalue weighted by atomic mass is 16.3. The van der Waals surface area contributed by atoms with Gasteiger partial charge in [0.2, 0.25) is 0 Å². The van der Waals surface area contributed by atoms with E-state index in [1.807, 2.05) is 13.8 Å². The topological polar surface area (TPSA) is 80.9 Å². The SMILES string of the molecule is C[C@H](CO)[C@@H]1CC[C@]2(C)C(C1O)[C@](C)(O)CC[C@H]2O. The van der Waals surface area contributed by atoms with E-state index in [1.165, 1.54) is 0 Å². The molecule has 7 atom stereocenters. The summed E-state index contributed by atoms with van der Waals surface area (Å²) in [7, 11) is 0. The molecule has 112 valence electrons. The van der Waals surface area contributed by atoms with E-state index in [4.69, 9.17) is 0 Å². The van der Waals surface area contributed by atoms with E-state index in [9.17, 15) is 20.4 Å². The van der Waals surface area contributed by atoms with Crippen LogP contribution in [0.3, 0.4) is 0 Å². The van der Waals surface area contributed by atoms with Crippen molar-refractivity contribution in [1.82, 2.24) is 0 Å². The van der Waals surface area contributed by atoms with Gasteiger partial charge in [-0.25, -0.2) is 0 Å². The summed E-state index contributed by atoms with van der Waals surface area (Å²) >= 11 is 0. The number of aliphatic hydroxyl groups is 4. The van der Waals surface area contributed by atoms with E-state index < -0.39 is 23.2 Å². The van der Waals surface area contributed by atoms with Crippen LogP contribution in [0.5, 0.6) is 0 Å². The first kappa shape index (κ1) is 15.2. The first-order chi connectivity index (χ1) is 8.74. The minimum atomic E-state index is -0.943. The standard InChI is InChI=1S/C15H28O4/c1-9(8-16)10-4-6-14(2)11(17)5-7-15(3,19)13(14)12(10)18/h9-13,16-19H,4-8H2,1-3H3/t9-,10+,11-,12?,13?,14+,15-/m1/s1. The molecule has 2 unspecified atom stereocenters. The monoisotopic (exact) mass is 272 g/mol. The van der Waals surface area contributed by atoms with Crippen LogP contribution in [0.15, 0.2) is 0 Å². The van der Waals surface area contributed by atoms with E-state index in [0.29, 0.717) is 12.8 Å². The Bertz CT molecular complexity index is 330. The van der Waals surface area contributed by atoms with Crippen LogP contribution in [0, 0.1) is 23.2 Å². The van der Waals surface area contributed by atoms with Crippen molar-refractivity contribution in [3.63, 3.8) is 0 Å². The Hall–Kier alpha value is -0.160. The van der Waals surface area contributed by atoms with Crippen molar-refractivity contribution in [2.24, 2.45) is 23.2 Å². The molecule has 4 heteroatoms. The van der Waals surface area contributed by atoms with Crippen molar-refractivity contribution in [2.45, 2.75) is 64.3 Å². The van der Waals surface area contributed by atoms with Crippen molar-refractivity contribution in [2.75, 3.05) is 6.61 Å². The molecule has 0 aromatic rings. The summed E-state index contributed by atoms with van der Waals surface area (Å²) in [5.41, 5.74) is -1.37. The zero-order chi connectivity index (χ0) is 14.4. The Balaban J connectivity index is 2.32. The highest BCUT2D eigenvalue weighted by molar-refractivity contribution is 5.09. The van der Waals surface area contributed by atoms with Gasteiger partial charge in [-0.3, -0.25) is 0 Å². The van der Waals surface area contributed by atoms with Gasteiger partial charge in [-0.15, -0.1) is 0 Å². The molecule has 0 bridgehead atoms. The Morgan fingerprint density at radius 3 is 2.37 bits per heavy atom. The van der Waals surface area contributed by atoms with E-state index >= 15 is 0 Å². The second-order valence-corrected chi connectivity index (χ2v) is 7.25. The lowest BCUT2D eigenvalue weighted by Gasteiger charge is -2.58. The molecule has 0 aromatic carbocycles. The average molecular weight is 272 g/mol. The Labute approximate surface area is 115 Å². The molecule has 19 heavy (non-hydrogen) atoms. The van der Waals surface area contributed by atoms with Gasteiger partial charge in [0.1, 0.15) is 0 Å². The van der Waals surface area contributed by atoms with Gasteiger partial charge >= 0.3 is 0 Å². The molecule has 2 saturated carbocycles. The minimum Gasteiger partial charge on any atom is -0.396 e. The predicted octanol–water partition coefficient (Wildman–Crippen LogP) is 0.914. The highest BCUT2D eigenvalue weighted by Crippen LogP contribution is 2.56. The minimum absolute atomic E-state index is 0.000139. The summed E-state index contributed by atoms with van der Waals surface area (Å²) in [6.45, 7) is 5.75. The van der Waals surface area contributed by atoms with Gasteiger partial charge in [0.15, 0.2) is 0 Å². The van der Waals surface area contributed by atoms with Crippen molar-refractivity contribution in [3.05, 3.63) is 0 Å². The zero-order valence-electron chi connectivity index (χ0n) is 12.2. The number of fused-ring (bicyclic) bond motifs is 1. The lowest BCUT2D eigenvalue weighted by Crippen LogP contribution is -2.63. The van der Waals surface area contributed by atoms with Crippen molar-refractivity contribution >= 4 is 0 Å². The van der Waals surface area contributed by atoms with Gasteiger partial charge in [0, 0.05) is 17.9 Å². The molecule has 2 rings (SSSR count). The number of rotatable bonds is 2. The fraction of sp³-hybridized carbons (Fsp3) is 1.00. The average Bonchev–Trinajstić information content (AvgIpc) is 2.33. The van der Waals surface area contributed by atoms with E-state index in [0.717, 1.165) is 12.8 Å². The molecule has 0 aromatic heterocycles. The molecular formula is C15H28O4. The lowest BCUT2D eigenvalue weighted by atomic mass is 9.50. The third-order valence-corrected chi connectivity index (χ3v) is 5.88. The lowest BCUT2D eigenvalue weighted by molar-refractivity contribution is -0.221. The molecule has 0 radical (unpaired) electrons. The molecule has 2 aliphatic carbocycles. The van der Waals surface area contributed by atoms with Crippen LogP contribution in [-0.2, 0) is 0 Å². The molecule has 0 heterocycles. The first-order valence-corrected chi connectivity index (χ1v) is 7.43. The fourth-order valence-corrected chi connectivity index (χ4v) is 4.56. The number of hydrogen-bond acceptors (Lipinski definition) is 4. The van der Waals surface area contributed by atoms with Crippen molar-refractivity contribution < 1.29 is 20.4 Å². The van der Waals surface area contributed by atoms with E-state index in [2.05, 4.69) is 0 Å². The Morgan fingerprint density at radius 2 is 1.79 bits per heavy atom. The molecule has 0 spiro atoms. The molecule has 0 aliphatic heterocycles. The maximum absolute atomic E-state index is 10.7. The van der Waals surface area contributed by atoms with Gasteiger partial charge in [0.25, 0.3) is 0 Å². The van der Waals surface area contributed by atoms with Crippen LogP contribution < -0.4 is 0 Å². The van der Waals surface area contributed by atoms with E-state index in [-0.39, 0.29) is 24.4 Å². The third-order valence-electron chi connectivity index (χ3n) is 5.88. The van der Waals surface area contributed by atoms with Crippen LogP contribution in [0.25, 0.3) is 0 Å². The van der Waals surface area contributed by atoms with Gasteiger partial charge in [-0.2, -0.15) is 0 Å². The number of aliphatic hydroxyl groups excluding tert-OH is 3. The second-order valence-electron chi connectivity index (χ2n) is 7.25. The third kappa shape index (κ3) is 2.33. The van der Waals surface area contributed by atoms with Gasteiger partial charge < -0.3 is 20.4 Å². The zero-order valence-corrected chi connectivity index (χ0v) is 12.2. The summed E-state index contributed by atoms with van der Waals surface area (Å²) in [4.78, 5) is 0. The summed E-state index contributed by atoms with van der Waals surface area (Å²) in [5, 5.41) is 41.0. The molecule has 2 fully saturated rings. The van der Waals surface area contributed by atoms with Crippen molar-refractivity contribution in [3.8, 4) is 0 Å². The van der Waals surface area contributed by atoms with Crippen molar-refractivity contribution in [1.29, 1.82) is 0 Å². The Kier molecular flexibility index (Phi) is 4.00. The molecule has 0 amide bonds. The van der Waals surface area contributed by atoms with Gasteiger partial charge in [-0.05, 0) is 44.4 Å². The second kappa shape index (κ2) is 4.99. The summed E-state index contributed by atoms with van der Waals surface area (Å²) in [6, 6.07) is 0. The van der Waals surface area contributed by atoms with Crippen LogP contribution in [0.1, 0.15) is 46.5 Å². The smallest absolute Gasteiger partial charge is 0.0679 e. The van der Waals surface area contributed by atoms with Crippen LogP contribution in [0.2, 0.25) is 0 Å².